The molecule has 0 unspecified atom stereocenters. The van der Waals surface area contributed by atoms with Crippen molar-refractivity contribution in [2.75, 3.05) is 42.5 Å². The van der Waals surface area contributed by atoms with Crippen LogP contribution in [-0.4, -0.2) is 81.1 Å². The predicted molar refractivity (Wildman–Crippen MR) is 397 cm³/mol. The predicted octanol–water partition coefficient (Wildman–Crippen LogP) is 18.4. The Bertz CT molecular complexity index is 5160. The number of fused-ring (bicyclic) bond motifs is 4. The normalized spacial score (nSPS) is 10.9. The van der Waals surface area contributed by atoms with Crippen LogP contribution < -0.4 is 42.5 Å². The third-order valence-corrected chi connectivity index (χ3v) is 16.7. The molecular weight excluding hydrogens is 1660 g/mol. The van der Waals surface area contributed by atoms with Gasteiger partial charge in [0.1, 0.15) is 40.7 Å². The van der Waals surface area contributed by atoms with Gasteiger partial charge in [0.15, 0.2) is 46.5 Å². The second-order valence-corrected chi connectivity index (χ2v) is 25.3. The van der Waals surface area contributed by atoms with Gasteiger partial charge in [-0.1, -0.05) is 65.7 Å². The van der Waals surface area contributed by atoms with Gasteiger partial charge in [-0.3, -0.25) is 0 Å². The SMILES string of the molecule is Cc1ccc(Nc2nc3nonc3nc2Nc2ccc(Cl)cc2F)c(F)c1.Cc1ccc(Nc2nc3nonc3nc2Nc2ccc(Cl)cc2F)c(F)c1.Cc1ccc(Nc2nc3nonc3nc2Nc2ccc(F)cc2F)c(F)c1.Ic1ccccc1Nc1nc2nonc2nc1Nc1ccccc1I. The van der Waals surface area contributed by atoms with Crippen molar-refractivity contribution in [3.63, 3.8) is 0 Å². The van der Waals surface area contributed by atoms with Crippen molar-refractivity contribution in [3.05, 3.63) is 232 Å². The first-order chi connectivity index (χ1) is 51.2. The van der Waals surface area contributed by atoms with Gasteiger partial charge in [0.2, 0.25) is 45.2 Å². The fourth-order valence-corrected chi connectivity index (χ4v) is 10.7. The first-order valence-electron chi connectivity index (χ1n) is 30.5. The summed E-state index contributed by atoms with van der Waals surface area (Å²) in [5.41, 5.74) is 6.08. The number of hydrogen-bond acceptors (Lipinski definition) is 28. The van der Waals surface area contributed by atoms with E-state index in [2.05, 4.69) is 183 Å². The molecule has 0 atom stereocenters. The van der Waals surface area contributed by atoms with Crippen molar-refractivity contribution in [1.82, 2.24) is 81.1 Å². The van der Waals surface area contributed by atoms with Crippen LogP contribution in [0.15, 0.2) is 176 Å². The molecule has 0 aliphatic carbocycles. The standard InChI is InChI=1S/2C17H11ClF2N6O.C17H11F3N6O.C16H10I2N6O/c3*1-8-2-4-12(10(19)6-8)21-14-15(24-17-16(23-14)25-27-26-17)22-13-5-3-9(18)7-11(13)20;17-9-5-1-3-7-11(9)19-13-14(20-12-8-4-2-6-10(12)18)22-16-15(21-13)23-25-24-16/h3*2-7H,1H3,(H,21,23,25)(H,22,24,26);1-8H,(H,19,21,23)(H,20,22,24). The molecule has 532 valence electrons. The maximum absolute atomic E-state index is 14.2. The molecule has 39 heteroatoms. The number of aromatic nitrogens is 16. The van der Waals surface area contributed by atoms with Crippen molar-refractivity contribution < 1.29 is 49.2 Å². The number of hydrogen-bond donors (Lipinski definition) is 8. The Balaban J connectivity index is 0.000000125. The van der Waals surface area contributed by atoms with E-state index in [1.165, 1.54) is 54.6 Å². The molecule has 8 N–H and O–H groups in total. The van der Waals surface area contributed by atoms with Crippen LogP contribution in [0.4, 0.5) is 123 Å². The summed E-state index contributed by atoms with van der Waals surface area (Å²) < 4.78 is 119. The molecular formula is C67H43Cl2F7I2N24O4. The number of benzene rings is 8. The smallest absolute Gasteiger partial charge is 0.245 e. The number of aryl methyl sites for hydroxylation is 3. The molecule has 0 aliphatic heterocycles. The summed E-state index contributed by atoms with van der Waals surface area (Å²) in [5.74, 6) is -2.53. The third kappa shape index (κ3) is 17.5. The quantitative estimate of drug-likeness (QED) is 0.0329. The van der Waals surface area contributed by atoms with Crippen molar-refractivity contribution in [2.45, 2.75) is 20.8 Å². The van der Waals surface area contributed by atoms with Crippen LogP contribution in [0.3, 0.4) is 0 Å². The van der Waals surface area contributed by atoms with E-state index in [0.717, 1.165) is 59.5 Å². The van der Waals surface area contributed by atoms with Gasteiger partial charge in [-0.15, -0.1) is 0 Å². The fourth-order valence-electron chi connectivity index (χ4n) is 9.33. The first kappa shape index (κ1) is 72.0. The van der Waals surface area contributed by atoms with Crippen LogP contribution >= 0.6 is 68.4 Å². The van der Waals surface area contributed by atoms with Gasteiger partial charge < -0.3 is 42.5 Å². The largest absolute Gasteiger partial charge is 0.336 e. The molecule has 16 aromatic rings. The molecule has 0 saturated carbocycles. The van der Waals surface area contributed by atoms with Gasteiger partial charge in [0.25, 0.3) is 0 Å². The van der Waals surface area contributed by atoms with E-state index in [1.807, 2.05) is 48.5 Å². The minimum Gasteiger partial charge on any atom is -0.336 e. The lowest BCUT2D eigenvalue weighted by Crippen LogP contribution is -2.05. The van der Waals surface area contributed by atoms with Crippen molar-refractivity contribution in [3.8, 4) is 0 Å². The Hall–Kier alpha value is -12.4. The lowest BCUT2D eigenvalue weighted by molar-refractivity contribution is 0.314. The Kier molecular flexibility index (Phi) is 21.8. The minimum atomic E-state index is -0.831. The summed E-state index contributed by atoms with van der Waals surface area (Å²) in [4.78, 5) is 34.2. The second kappa shape index (κ2) is 32.1. The number of para-hydroxylation sites is 2. The van der Waals surface area contributed by atoms with E-state index >= 15 is 0 Å². The van der Waals surface area contributed by atoms with Gasteiger partial charge in [-0.2, -0.15) is 0 Å². The Morgan fingerprint density at radius 3 is 0.717 bits per heavy atom. The number of nitrogens with one attached hydrogen (secondary N) is 8. The number of anilines is 16. The molecule has 106 heavy (non-hydrogen) atoms. The number of rotatable bonds is 16. The Labute approximate surface area is 627 Å². The van der Waals surface area contributed by atoms with Crippen LogP contribution in [0.1, 0.15) is 16.7 Å². The van der Waals surface area contributed by atoms with Gasteiger partial charge in [0.05, 0.1) is 45.5 Å². The van der Waals surface area contributed by atoms with Gasteiger partial charge in [-0.25, -0.2) is 89.1 Å². The molecule has 28 nitrogen and oxygen atoms in total. The number of nitrogens with zero attached hydrogens (tertiary/aromatic N) is 16. The minimum absolute atomic E-state index is 0.0312. The van der Waals surface area contributed by atoms with Crippen LogP contribution in [-0.2, 0) is 0 Å². The molecule has 0 bridgehead atoms. The van der Waals surface area contributed by atoms with E-state index < -0.39 is 40.7 Å². The highest BCUT2D eigenvalue weighted by atomic mass is 127. The molecule has 8 aromatic heterocycles. The van der Waals surface area contributed by atoms with E-state index in [1.54, 1.807) is 51.1 Å². The van der Waals surface area contributed by atoms with E-state index in [4.69, 9.17) is 27.8 Å². The zero-order valence-corrected chi connectivity index (χ0v) is 59.8. The molecule has 0 aliphatic rings. The van der Waals surface area contributed by atoms with Crippen LogP contribution in [0.2, 0.25) is 10.0 Å². The molecule has 8 aromatic carbocycles. The monoisotopic (exact) mass is 1700 g/mol. The maximum atomic E-state index is 14.2. The van der Waals surface area contributed by atoms with Gasteiger partial charge >= 0.3 is 0 Å². The van der Waals surface area contributed by atoms with E-state index in [0.29, 0.717) is 22.9 Å². The summed E-state index contributed by atoms with van der Waals surface area (Å²) in [6, 6.07) is 41.0. The zero-order chi connectivity index (χ0) is 74.1. The highest BCUT2D eigenvalue weighted by molar-refractivity contribution is 14.1. The molecule has 8 heterocycles. The van der Waals surface area contributed by atoms with Crippen molar-refractivity contribution >= 4 is 206 Å². The third-order valence-electron chi connectivity index (χ3n) is 14.4. The van der Waals surface area contributed by atoms with Crippen LogP contribution in [0, 0.1) is 68.6 Å². The molecule has 16 rings (SSSR count). The fraction of sp³-hybridized carbons (Fsp3) is 0.0448. The van der Waals surface area contributed by atoms with Gasteiger partial charge in [0, 0.05) is 23.3 Å². The summed E-state index contributed by atoms with van der Waals surface area (Å²) >= 11 is 16.1. The zero-order valence-electron chi connectivity index (χ0n) is 54.0. The molecule has 0 fully saturated rings. The summed E-state index contributed by atoms with van der Waals surface area (Å²) in [7, 11) is 0. The number of halogens is 11. The molecule has 0 spiro atoms. The molecule has 0 amide bonds. The van der Waals surface area contributed by atoms with Crippen LogP contribution in [0.25, 0.3) is 45.2 Å². The summed E-state index contributed by atoms with van der Waals surface area (Å²) in [5, 5.41) is 53.1. The lowest BCUT2D eigenvalue weighted by Gasteiger charge is -2.13. The maximum Gasteiger partial charge on any atom is 0.245 e. The topological polar surface area (TPSA) is 355 Å². The molecule has 0 saturated heterocycles. The highest BCUT2D eigenvalue weighted by Gasteiger charge is 2.22. The van der Waals surface area contributed by atoms with Crippen molar-refractivity contribution in [1.29, 1.82) is 0 Å². The van der Waals surface area contributed by atoms with Crippen molar-refractivity contribution in [2.24, 2.45) is 0 Å². The Morgan fingerprint density at radius 2 is 0.481 bits per heavy atom. The van der Waals surface area contributed by atoms with E-state index in [-0.39, 0.29) is 113 Å². The lowest BCUT2D eigenvalue weighted by atomic mass is 10.2. The summed E-state index contributed by atoms with van der Waals surface area (Å²) in [6.45, 7) is 5.30. The van der Waals surface area contributed by atoms with Gasteiger partial charge in [-0.05, 0) is 233 Å². The van der Waals surface area contributed by atoms with E-state index in [9.17, 15) is 30.7 Å². The Morgan fingerprint density at radius 1 is 0.264 bits per heavy atom. The first-order valence-corrected chi connectivity index (χ1v) is 33.4. The second-order valence-electron chi connectivity index (χ2n) is 22.1. The highest BCUT2D eigenvalue weighted by Crippen LogP contribution is 2.36. The van der Waals surface area contributed by atoms with Crippen LogP contribution in [0.5, 0.6) is 0 Å². The summed E-state index contributed by atoms with van der Waals surface area (Å²) in [6.07, 6.45) is 0. The average molecular weight is 1710 g/mol. The molecule has 0 radical (unpaired) electrons. The average Bonchev–Trinajstić information content (AvgIpc) is 1.53.